The molecule has 7 atom stereocenters. The van der Waals surface area contributed by atoms with Crippen molar-refractivity contribution in [3.05, 3.63) is 79.5 Å². The van der Waals surface area contributed by atoms with Gasteiger partial charge in [0.05, 0.1) is 17.5 Å². The first kappa shape index (κ1) is 19.5. The summed E-state index contributed by atoms with van der Waals surface area (Å²) in [6.07, 6.45) is 17.8. The minimum Gasteiger partial charge on any atom is -0.392 e. The molecule has 0 aromatic carbocycles. The smallest absolute Gasteiger partial charge is 0.0886 e. The van der Waals surface area contributed by atoms with E-state index in [-0.39, 0.29) is 22.6 Å². The maximum absolute atomic E-state index is 10.3. The van der Waals surface area contributed by atoms with Gasteiger partial charge in [0.25, 0.3) is 0 Å². The summed E-state index contributed by atoms with van der Waals surface area (Å²) in [7, 11) is 0. The van der Waals surface area contributed by atoms with Gasteiger partial charge in [-0.25, -0.2) is 0 Å². The largest absolute Gasteiger partial charge is 0.392 e. The fraction of sp³-hybridized carbons (Fsp3) is 0.375. The van der Waals surface area contributed by atoms with Gasteiger partial charge in [-0.05, 0) is 48.4 Å². The molecule has 1 N–H and O–H groups in total. The number of rotatable bonds is 2. The van der Waals surface area contributed by atoms with Crippen molar-refractivity contribution in [3.8, 4) is 11.4 Å². The van der Waals surface area contributed by atoms with Crippen molar-refractivity contribution >= 4 is 0 Å². The van der Waals surface area contributed by atoms with Crippen LogP contribution in [0.2, 0.25) is 0 Å². The maximum Gasteiger partial charge on any atom is 0.0886 e. The third kappa shape index (κ3) is 3.61. The summed E-state index contributed by atoms with van der Waals surface area (Å²) in [4.78, 5) is 8.37. The standard InChI is InChI=1S/C14H17O.C10H8N2.Ni/c15-14-11-4-3-10(7-11)13(14)12-6-8-1-2-9(12)5-8;1-3-7-11-9(5-1)10-6-2-4-8-12-10;/h1-4,6,8-15H,5,7H2;1-8H;/q-1;;. The van der Waals surface area contributed by atoms with Crippen molar-refractivity contribution in [1.82, 2.24) is 9.97 Å². The zero-order valence-electron chi connectivity index (χ0n) is 15.6. The molecular weight excluding hydrogens is 391 g/mol. The van der Waals surface area contributed by atoms with Gasteiger partial charge in [-0.2, -0.15) is 5.92 Å². The zero-order valence-corrected chi connectivity index (χ0v) is 16.6. The van der Waals surface area contributed by atoms with Crippen LogP contribution in [0.5, 0.6) is 0 Å². The Morgan fingerprint density at radius 1 is 0.786 bits per heavy atom. The normalized spacial score (nSPS) is 36.1. The Morgan fingerprint density at radius 2 is 1.43 bits per heavy atom. The fourth-order valence-electron chi connectivity index (χ4n) is 5.40. The second kappa shape index (κ2) is 8.31. The molecule has 2 saturated carbocycles. The molecular formula is C24H25N2NiO-. The van der Waals surface area contributed by atoms with Crippen LogP contribution in [0.25, 0.3) is 11.4 Å². The van der Waals surface area contributed by atoms with E-state index >= 15 is 0 Å². The molecule has 0 saturated heterocycles. The number of fused-ring (bicyclic) bond motifs is 4. The second-order valence-electron chi connectivity index (χ2n) is 8.16. The monoisotopic (exact) mass is 415 g/mol. The Morgan fingerprint density at radius 3 is 1.89 bits per heavy atom. The average Bonchev–Trinajstić information content (AvgIpc) is 3.51. The molecule has 0 aliphatic heterocycles. The summed E-state index contributed by atoms with van der Waals surface area (Å²) in [6, 6.07) is 11.6. The van der Waals surface area contributed by atoms with Gasteiger partial charge >= 0.3 is 0 Å². The van der Waals surface area contributed by atoms with Gasteiger partial charge in [-0.15, -0.1) is 12.0 Å². The molecule has 6 rings (SSSR count). The van der Waals surface area contributed by atoms with Crippen molar-refractivity contribution in [2.45, 2.75) is 18.9 Å². The van der Waals surface area contributed by atoms with Crippen LogP contribution in [0.1, 0.15) is 12.8 Å². The molecule has 0 spiro atoms. The number of pyridine rings is 2. The first-order valence-electron chi connectivity index (χ1n) is 10.0. The Kier molecular flexibility index (Phi) is 5.80. The topological polar surface area (TPSA) is 46.0 Å². The molecule has 4 aliphatic rings. The summed E-state index contributed by atoms with van der Waals surface area (Å²) >= 11 is 0. The number of hydrogen-bond acceptors (Lipinski definition) is 3. The zero-order chi connectivity index (χ0) is 18.2. The van der Waals surface area contributed by atoms with Gasteiger partial charge in [0.15, 0.2) is 0 Å². The van der Waals surface area contributed by atoms with Crippen LogP contribution >= 0.6 is 0 Å². The SMILES string of the molecule is OC1C2C=CC(C2)C1C1[CH-]C2C=CC1C2.[Ni].c1ccc(-c2ccccn2)nc1. The van der Waals surface area contributed by atoms with E-state index in [4.69, 9.17) is 0 Å². The van der Waals surface area contributed by atoms with Crippen LogP contribution < -0.4 is 0 Å². The van der Waals surface area contributed by atoms with Crippen molar-refractivity contribution in [2.75, 3.05) is 0 Å². The minimum atomic E-state index is -0.0611. The minimum absolute atomic E-state index is 0. The van der Waals surface area contributed by atoms with E-state index in [0.717, 1.165) is 23.2 Å². The first-order chi connectivity index (χ1) is 13.3. The number of nitrogens with zero attached hydrogens (tertiary/aromatic N) is 2. The fourth-order valence-corrected chi connectivity index (χ4v) is 5.40. The van der Waals surface area contributed by atoms with Crippen molar-refractivity contribution in [3.63, 3.8) is 0 Å². The number of aromatic nitrogens is 2. The number of hydrogen-bond donors (Lipinski definition) is 1. The molecule has 148 valence electrons. The molecule has 2 heterocycles. The summed E-state index contributed by atoms with van der Waals surface area (Å²) in [5.74, 6) is 3.78. The van der Waals surface area contributed by atoms with Gasteiger partial charge in [-0.3, -0.25) is 9.97 Å². The molecule has 2 fully saturated rings. The van der Waals surface area contributed by atoms with E-state index in [0.29, 0.717) is 23.7 Å². The third-order valence-corrected chi connectivity index (χ3v) is 6.63. The molecule has 28 heavy (non-hydrogen) atoms. The summed E-state index contributed by atoms with van der Waals surface area (Å²) in [5.41, 5.74) is 1.83. The summed E-state index contributed by atoms with van der Waals surface area (Å²) in [6.45, 7) is 0. The number of allylic oxidation sites excluding steroid dienone is 3. The third-order valence-electron chi connectivity index (χ3n) is 6.63. The van der Waals surface area contributed by atoms with E-state index in [2.05, 4.69) is 40.7 Å². The van der Waals surface area contributed by atoms with E-state index in [9.17, 15) is 5.11 Å². The first-order valence-corrected chi connectivity index (χ1v) is 10.0. The molecule has 4 aliphatic carbocycles. The Labute approximate surface area is 176 Å². The van der Waals surface area contributed by atoms with Crippen LogP contribution in [-0.4, -0.2) is 21.2 Å². The average molecular weight is 416 g/mol. The van der Waals surface area contributed by atoms with Crippen LogP contribution in [0, 0.1) is 41.9 Å². The van der Waals surface area contributed by atoms with E-state index in [1.54, 1.807) is 12.4 Å². The predicted octanol–water partition coefficient (Wildman–Crippen LogP) is 4.34. The summed E-state index contributed by atoms with van der Waals surface area (Å²) in [5, 5.41) is 10.3. The maximum atomic E-state index is 10.3. The molecule has 4 heteroatoms. The Bertz CT molecular complexity index is 801. The summed E-state index contributed by atoms with van der Waals surface area (Å²) < 4.78 is 0. The van der Waals surface area contributed by atoms with Crippen LogP contribution in [0.3, 0.4) is 0 Å². The molecule has 4 bridgehead atoms. The number of aliphatic hydroxyl groups excluding tert-OH is 1. The Balaban J connectivity index is 0.000000136. The van der Waals surface area contributed by atoms with E-state index < -0.39 is 0 Å². The van der Waals surface area contributed by atoms with E-state index in [1.807, 2.05) is 36.4 Å². The van der Waals surface area contributed by atoms with Crippen molar-refractivity contribution in [1.29, 1.82) is 0 Å². The molecule has 2 aromatic heterocycles. The molecule has 0 radical (unpaired) electrons. The van der Waals surface area contributed by atoms with Gasteiger partial charge in [-0.1, -0.05) is 36.8 Å². The quantitative estimate of drug-likeness (QED) is 0.450. The second-order valence-corrected chi connectivity index (χ2v) is 8.16. The van der Waals surface area contributed by atoms with Crippen LogP contribution in [0.4, 0.5) is 0 Å². The van der Waals surface area contributed by atoms with Gasteiger partial charge < -0.3 is 11.5 Å². The Hall–Kier alpha value is -1.77. The molecule has 0 amide bonds. The number of aliphatic hydroxyl groups is 1. The molecule has 3 nitrogen and oxygen atoms in total. The van der Waals surface area contributed by atoms with E-state index in [1.165, 1.54) is 12.8 Å². The van der Waals surface area contributed by atoms with Crippen LogP contribution in [0.15, 0.2) is 73.1 Å². The van der Waals surface area contributed by atoms with Crippen molar-refractivity contribution < 1.29 is 21.6 Å². The van der Waals surface area contributed by atoms with Gasteiger partial charge in [0.2, 0.25) is 0 Å². The molecule has 2 aromatic rings. The predicted molar refractivity (Wildman–Crippen MR) is 106 cm³/mol. The molecule has 7 unspecified atom stereocenters. The van der Waals surface area contributed by atoms with Crippen LogP contribution in [-0.2, 0) is 16.5 Å². The van der Waals surface area contributed by atoms with Gasteiger partial charge in [0, 0.05) is 34.8 Å². The van der Waals surface area contributed by atoms with Crippen molar-refractivity contribution in [2.24, 2.45) is 35.5 Å². The van der Waals surface area contributed by atoms with Gasteiger partial charge in [0.1, 0.15) is 0 Å².